The first-order valence-corrected chi connectivity index (χ1v) is 12.8. The van der Waals surface area contributed by atoms with Gasteiger partial charge in [0.05, 0.1) is 21.6 Å². The Kier molecular flexibility index (Phi) is 7.45. The van der Waals surface area contributed by atoms with E-state index in [4.69, 9.17) is 34.8 Å². The second kappa shape index (κ2) is 10.1. The summed E-state index contributed by atoms with van der Waals surface area (Å²) in [5.74, 6) is -0.502. The lowest BCUT2D eigenvalue weighted by atomic mass is 10.0. The standard InChI is InChI=1S/C23H18Cl3F3N2O3S/c24-16-3-1-15(2-4-16)22-14-30(11-12-31(22)21-10-5-17(25)13-20(21)26)35(32,33)19-8-6-18(7-9-19)34-23(27,28)29/h1-10,13,22H,11-12,14H2. The van der Waals surface area contributed by atoms with Gasteiger partial charge in [0, 0.05) is 29.7 Å². The third-order valence-electron chi connectivity index (χ3n) is 5.51. The van der Waals surface area contributed by atoms with Crippen LogP contribution in [0, 0.1) is 0 Å². The Bertz CT molecular complexity index is 1300. The largest absolute Gasteiger partial charge is 0.573 e. The molecule has 1 heterocycles. The number of piperazine rings is 1. The highest BCUT2D eigenvalue weighted by molar-refractivity contribution is 7.89. The summed E-state index contributed by atoms with van der Waals surface area (Å²) in [7, 11) is -4.00. The lowest BCUT2D eigenvalue weighted by Crippen LogP contribution is -2.50. The summed E-state index contributed by atoms with van der Waals surface area (Å²) >= 11 is 18.5. The average Bonchev–Trinajstić information content (AvgIpc) is 2.79. The van der Waals surface area contributed by atoms with Gasteiger partial charge in [-0.1, -0.05) is 46.9 Å². The van der Waals surface area contributed by atoms with Crippen LogP contribution in [0.4, 0.5) is 18.9 Å². The molecule has 0 amide bonds. The van der Waals surface area contributed by atoms with Crippen LogP contribution in [0.2, 0.25) is 15.1 Å². The minimum atomic E-state index is -4.87. The molecule has 0 N–H and O–H groups in total. The first kappa shape index (κ1) is 25.9. The zero-order chi connectivity index (χ0) is 25.4. The van der Waals surface area contributed by atoms with Crippen molar-refractivity contribution in [3.63, 3.8) is 0 Å². The maximum atomic E-state index is 13.3. The Morgan fingerprint density at radius 2 is 1.49 bits per heavy atom. The number of hydrogen-bond donors (Lipinski definition) is 0. The first-order valence-electron chi connectivity index (χ1n) is 10.3. The molecular formula is C23H18Cl3F3N2O3S. The molecule has 0 bridgehead atoms. The number of anilines is 1. The predicted octanol–water partition coefficient (Wildman–Crippen LogP) is 6.80. The van der Waals surface area contributed by atoms with Gasteiger partial charge in [-0.25, -0.2) is 8.42 Å². The van der Waals surface area contributed by atoms with E-state index in [2.05, 4.69) is 4.74 Å². The van der Waals surface area contributed by atoms with Crippen molar-refractivity contribution in [3.8, 4) is 5.75 Å². The highest BCUT2D eigenvalue weighted by Crippen LogP contribution is 2.38. The Balaban J connectivity index is 1.65. The van der Waals surface area contributed by atoms with Gasteiger partial charge in [-0.05, 0) is 60.2 Å². The van der Waals surface area contributed by atoms with Crippen LogP contribution < -0.4 is 9.64 Å². The van der Waals surface area contributed by atoms with Crippen LogP contribution in [0.1, 0.15) is 11.6 Å². The van der Waals surface area contributed by atoms with Gasteiger partial charge in [0.2, 0.25) is 10.0 Å². The molecule has 186 valence electrons. The second-order valence-electron chi connectivity index (χ2n) is 7.74. The molecular weight excluding hydrogens is 548 g/mol. The fourth-order valence-electron chi connectivity index (χ4n) is 3.91. The van der Waals surface area contributed by atoms with Gasteiger partial charge in [0.1, 0.15) is 5.75 Å². The minimum absolute atomic E-state index is 0.0731. The molecule has 1 saturated heterocycles. The quantitative estimate of drug-likeness (QED) is 0.342. The van der Waals surface area contributed by atoms with Gasteiger partial charge in [-0.3, -0.25) is 0 Å². The molecule has 0 aromatic heterocycles. The van der Waals surface area contributed by atoms with Crippen LogP contribution in [0.15, 0.2) is 71.6 Å². The van der Waals surface area contributed by atoms with Crippen LogP contribution >= 0.6 is 34.8 Å². The molecule has 0 radical (unpaired) electrons. The maximum absolute atomic E-state index is 13.3. The zero-order valence-electron chi connectivity index (χ0n) is 17.8. The molecule has 1 atom stereocenters. The molecule has 1 aliphatic heterocycles. The van der Waals surface area contributed by atoms with Crippen LogP contribution in [-0.4, -0.2) is 38.7 Å². The van der Waals surface area contributed by atoms with Crippen molar-refractivity contribution in [1.82, 2.24) is 4.31 Å². The van der Waals surface area contributed by atoms with Gasteiger partial charge >= 0.3 is 6.36 Å². The fourth-order valence-corrected chi connectivity index (χ4v) is 5.99. The van der Waals surface area contributed by atoms with Crippen molar-refractivity contribution in [2.45, 2.75) is 17.3 Å². The Morgan fingerprint density at radius 3 is 2.09 bits per heavy atom. The summed E-state index contributed by atoms with van der Waals surface area (Å²) in [5.41, 5.74) is 1.51. The summed E-state index contributed by atoms with van der Waals surface area (Å²) in [4.78, 5) is 1.86. The molecule has 3 aromatic carbocycles. The third kappa shape index (κ3) is 5.98. The number of nitrogens with zero attached hydrogens (tertiary/aromatic N) is 2. The van der Waals surface area contributed by atoms with E-state index in [9.17, 15) is 21.6 Å². The van der Waals surface area contributed by atoms with Crippen molar-refractivity contribution in [3.05, 3.63) is 87.4 Å². The number of halogens is 6. The third-order valence-corrected chi connectivity index (χ3v) is 8.18. The van der Waals surface area contributed by atoms with Gasteiger partial charge in [-0.15, -0.1) is 13.2 Å². The van der Waals surface area contributed by atoms with Crippen molar-refractivity contribution in [2.75, 3.05) is 24.5 Å². The van der Waals surface area contributed by atoms with Gasteiger partial charge in [-0.2, -0.15) is 4.31 Å². The molecule has 5 nitrogen and oxygen atoms in total. The summed E-state index contributed by atoms with van der Waals surface area (Å²) in [6, 6.07) is 15.9. The van der Waals surface area contributed by atoms with Crippen LogP contribution in [0.5, 0.6) is 5.75 Å². The van der Waals surface area contributed by atoms with E-state index in [1.807, 2.05) is 17.0 Å². The van der Waals surface area contributed by atoms with E-state index in [1.165, 1.54) is 4.31 Å². The molecule has 4 rings (SSSR count). The summed E-state index contributed by atoms with van der Waals surface area (Å²) in [6.07, 6.45) is -4.87. The van der Waals surface area contributed by atoms with E-state index in [0.717, 1.165) is 29.8 Å². The minimum Gasteiger partial charge on any atom is -0.406 e. The Hall–Kier alpha value is -2.17. The molecule has 0 aliphatic carbocycles. The monoisotopic (exact) mass is 564 g/mol. The zero-order valence-corrected chi connectivity index (χ0v) is 20.9. The number of rotatable bonds is 5. The fraction of sp³-hybridized carbons (Fsp3) is 0.217. The van der Waals surface area contributed by atoms with E-state index < -0.39 is 28.2 Å². The lowest BCUT2D eigenvalue weighted by Gasteiger charge is -2.42. The summed E-state index contributed by atoms with van der Waals surface area (Å²) < 4.78 is 69.2. The molecule has 1 aliphatic rings. The van der Waals surface area contributed by atoms with Crippen LogP contribution in [-0.2, 0) is 10.0 Å². The summed E-state index contributed by atoms with van der Waals surface area (Å²) in [6.45, 7) is 0.513. The number of ether oxygens (including phenoxy) is 1. The van der Waals surface area contributed by atoms with Crippen molar-refractivity contribution in [2.24, 2.45) is 0 Å². The van der Waals surface area contributed by atoms with E-state index in [0.29, 0.717) is 27.3 Å². The molecule has 12 heteroatoms. The lowest BCUT2D eigenvalue weighted by molar-refractivity contribution is -0.274. The maximum Gasteiger partial charge on any atom is 0.573 e. The van der Waals surface area contributed by atoms with E-state index in [1.54, 1.807) is 30.3 Å². The first-order chi connectivity index (χ1) is 16.4. The second-order valence-corrected chi connectivity index (χ2v) is 11.0. The molecule has 35 heavy (non-hydrogen) atoms. The van der Waals surface area contributed by atoms with Crippen LogP contribution in [0.3, 0.4) is 0 Å². The molecule has 0 saturated carbocycles. The SMILES string of the molecule is O=S(=O)(c1ccc(OC(F)(F)F)cc1)N1CCN(c2ccc(Cl)cc2Cl)C(c2ccc(Cl)cc2)C1. The molecule has 1 unspecified atom stereocenters. The van der Waals surface area contributed by atoms with Crippen molar-refractivity contribution < 1.29 is 26.3 Å². The summed E-state index contributed by atoms with van der Waals surface area (Å²) in [5, 5.41) is 1.43. The Labute approximate surface area is 215 Å². The number of hydrogen-bond acceptors (Lipinski definition) is 4. The molecule has 0 spiro atoms. The molecule has 3 aromatic rings. The smallest absolute Gasteiger partial charge is 0.406 e. The highest BCUT2D eigenvalue weighted by atomic mass is 35.5. The topological polar surface area (TPSA) is 49.9 Å². The molecule has 1 fully saturated rings. The Morgan fingerprint density at radius 1 is 0.857 bits per heavy atom. The number of alkyl halides is 3. The van der Waals surface area contributed by atoms with Crippen LogP contribution in [0.25, 0.3) is 0 Å². The van der Waals surface area contributed by atoms with Crippen molar-refractivity contribution in [1.29, 1.82) is 0 Å². The number of sulfonamides is 1. The van der Waals surface area contributed by atoms with Crippen molar-refractivity contribution >= 4 is 50.5 Å². The highest BCUT2D eigenvalue weighted by Gasteiger charge is 2.36. The van der Waals surface area contributed by atoms with Gasteiger partial charge in [0.25, 0.3) is 0 Å². The van der Waals surface area contributed by atoms with Gasteiger partial charge < -0.3 is 9.64 Å². The van der Waals surface area contributed by atoms with E-state index in [-0.39, 0.29) is 18.0 Å². The predicted molar refractivity (Wildman–Crippen MR) is 130 cm³/mol. The average molecular weight is 566 g/mol. The van der Waals surface area contributed by atoms with E-state index >= 15 is 0 Å². The normalized spacial score (nSPS) is 17.4. The number of benzene rings is 3. The van der Waals surface area contributed by atoms with Gasteiger partial charge in [0.15, 0.2) is 0 Å².